The van der Waals surface area contributed by atoms with Crippen LogP contribution in [0.5, 0.6) is 0 Å². The lowest BCUT2D eigenvalue weighted by molar-refractivity contribution is -0.245. The molecular weight excluding hydrogens is 340 g/mol. The van der Waals surface area contributed by atoms with E-state index in [1.165, 1.54) is 0 Å². The molecule has 1 aliphatic rings. The van der Waals surface area contributed by atoms with Crippen LogP contribution in [-0.2, 0) is 27.5 Å². The van der Waals surface area contributed by atoms with E-state index in [0.717, 1.165) is 0 Å². The highest BCUT2D eigenvalue weighted by molar-refractivity contribution is 7.47. The van der Waals surface area contributed by atoms with Gasteiger partial charge in [0.25, 0.3) is 0 Å². The Balaban J connectivity index is 2.67. The Morgan fingerprint density at radius 2 is 1.76 bits per heavy atom. The fourth-order valence-corrected chi connectivity index (χ4v) is 2.25. The van der Waals surface area contributed by atoms with Gasteiger partial charge in [0, 0.05) is 0 Å². The van der Waals surface area contributed by atoms with Gasteiger partial charge in [-0.3, -0.25) is 9.05 Å². The quantitative estimate of drug-likeness (QED) is 0.178. The molecule has 1 saturated heterocycles. The predicted octanol–water partition coefficient (Wildman–Crippen LogP) is -3.09. The molecule has 0 aromatic heterocycles. The van der Waals surface area contributed by atoms with Crippen molar-refractivity contribution in [1.29, 1.82) is 0 Å². The van der Waals surface area contributed by atoms with Crippen LogP contribution in [0.2, 0.25) is 0 Å². The van der Waals surface area contributed by atoms with Gasteiger partial charge in [0.1, 0.15) is 24.9 Å². The number of rotatable bonds is 7. The van der Waals surface area contributed by atoms with Gasteiger partial charge in [-0.05, 0) is 0 Å². The van der Waals surface area contributed by atoms with Crippen LogP contribution >= 0.6 is 15.6 Å². The maximum Gasteiger partial charge on any atom is 0.488 e. The van der Waals surface area contributed by atoms with Crippen molar-refractivity contribution in [2.24, 2.45) is 5.90 Å². The van der Waals surface area contributed by atoms with Crippen LogP contribution in [0, 0.1) is 0 Å². The summed E-state index contributed by atoms with van der Waals surface area (Å²) >= 11 is 0. The lowest BCUT2D eigenvalue weighted by atomic mass is 10.1. The van der Waals surface area contributed by atoms with Crippen molar-refractivity contribution in [3.05, 3.63) is 0 Å². The smallest absolute Gasteiger partial charge is 0.387 e. The first-order chi connectivity index (χ1) is 9.40. The van der Waals surface area contributed by atoms with Crippen molar-refractivity contribution in [2.45, 2.75) is 24.1 Å². The fourth-order valence-electron chi connectivity index (χ4n) is 1.50. The molecule has 0 aromatic carbocycles. The number of aliphatic hydroxyl groups excluding tert-OH is 2. The largest absolute Gasteiger partial charge is 0.488 e. The third kappa shape index (κ3) is 5.30. The van der Waals surface area contributed by atoms with Gasteiger partial charge in [0.2, 0.25) is 5.79 Å². The van der Waals surface area contributed by atoms with Crippen LogP contribution in [0.15, 0.2) is 0 Å². The Hall–Kier alpha value is 0.0200. The Morgan fingerprint density at radius 1 is 1.19 bits per heavy atom. The number of nitrogens with two attached hydrogens (primary N) is 1. The molecular formula is C6H15NO12P2. The fraction of sp³-hybridized carbons (Fsp3) is 1.00. The molecule has 15 heteroatoms. The minimum atomic E-state index is -4.96. The zero-order valence-electron chi connectivity index (χ0n) is 10.3. The second-order valence-corrected chi connectivity index (χ2v) is 6.72. The number of phosphoric ester groups is 2. The highest BCUT2D eigenvalue weighted by Gasteiger charge is 2.54. The van der Waals surface area contributed by atoms with Crippen LogP contribution < -0.4 is 5.90 Å². The predicted molar refractivity (Wildman–Crippen MR) is 60.9 cm³/mol. The molecule has 0 aromatic rings. The van der Waals surface area contributed by atoms with E-state index in [0.29, 0.717) is 0 Å². The van der Waals surface area contributed by atoms with Crippen molar-refractivity contribution < 1.29 is 57.5 Å². The molecule has 0 saturated carbocycles. The summed E-state index contributed by atoms with van der Waals surface area (Å²) in [5, 5.41) is 29.0. The van der Waals surface area contributed by atoms with Gasteiger partial charge in [0.05, 0.1) is 6.61 Å². The van der Waals surface area contributed by atoms with Crippen LogP contribution in [0.1, 0.15) is 0 Å². The molecule has 1 fully saturated rings. The monoisotopic (exact) mass is 355 g/mol. The number of hydrogen-bond donors (Lipinski definition) is 7. The molecule has 13 nitrogen and oxygen atoms in total. The zero-order chi connectivity index (χ0) is 16.5. The van der Waals surface area contributed by atoms with E-state index < -0.39 is 53.0 Å². The van der Waals surface area contributed by atoms with E-state index in [1.807, 2.05) is 0 Å². The second-order valence-electron chi connectivity index (χ2n) is 4.07. The summed E-state index contributed by atoms with van der Waals surface area (Å²) in [4.78, 5) is 25.9. The SMILES string of the molecule is NOP(=O)(O)OC[C@H]1O[C@](O)(COP(=O)(O)O)[C@@H](O)[C@@H]1O. The summed E-state index contributed by atoms with van der Waals surface area (Å²) in [5.41, 5.74) is 0. The van der Waals surface area contributed by atoms with E-state index in [-0.39, 0.29) is 0 Å². The molecule has 8 N–H and O–H groups in total. The molecule has 1 unspecified atom stereocenters. The van der Waals surface area contributed by atoms with Crippen molar-refractivity contribution in [3.8, 4) is 0 Å². The molecule has 1 aliphatic heterocycles. The molecule has 0 spiro atoms. The normalized spacial score (nSPS) is 36.6. The molecule has 0 aliphatic carbocycles. The third-order valence-electron chi connectivity index (χ3n) is 2.50. The Bertz CT molecular complexity index is 453. The second kappa shape index (κ2) is 6.64. The van der Waals surface area contributed by atoms with E-state index in [1.54, 1.807) is 0 Å². The van der Waals surface area contributed by atoms with Crippen LogP contribution in [0.4, 0.5) is 0 Å². The average Bonchev–Trinajstić information content (AvgIpc) is 2.59. The first kappa shape index (κ1) is 19.1. The van der Waals surface area contributed by atoms with Gasteiger partial charge in [0.15, 0.2) is 0 Å². The average molecular weight is 355 g/mol. The first-order valence-corrected chi connectivity index (χ1v) is 8.25. The summed E-state index contributed by atoms with van der Waals surface area (Å²) in [6, 6.07) is 0. The van der Waals surface area contributed by atoms with E-state index in [9.17, 15) is 24.4 Å². The number of aliphatic hydroxyl groups is 3. The molecule has 21 heavy (non-hydrogen) atoms. The molecule has 5 atom stereocenters. The molecule has 1 heterocycles. The number of phosphoric acid groups is 2. The lowest BCUT2D eigenvalue weighted by Gasteiger charge is -2.25. The van der Waals surface area contributed by atoms with Crippen LogP contribution in [0.25, 0.3) is 0 Å². The summed E-state index contributed by atoms with van der Waals surface area (Å²) in [6.07, 6.45) is -5.33. The van der Waals surface area contributed by atoms with Crippen molar-refractivity contribution in [1.82, 2.24) is 0 Å². The van der Waals surface area contributed by atoms with E-state index >= 15 is 0 Å². The summed E-state index contributed by atoms with van der Waals surface area (Å²) in [5.74, 6) is 1.80. The molecule has 1 rings (SSSR count). The van der Waals surface area contributed by atoms with Gasteiger partial charge in [-0.25, -0.2) is 19.7 Å². The third-order valence-corrected chi connectivity index (χ3v) is 3.70. The molecule has 0 amide bonds. The van der Waals surface area contributed by atoms with Gasteiger partial charge < -0.3 is 34.7 Å². The van der Waals surface area contributed by atoms with Crippen LogP contribution in [0.3, 0.4) is 0 Å². The van der Waals surface area contributed by atoms with E-state index in [2.05, 4.69) is 19.6 Å². The Labute approximate surface area is 117 Å². The number of hydrogen-bond acceptors (Lipinski definition) is 10. The minimum Gasteiger partial charge on any atom is -0.387 e. The summed E-state index contributed by atoms with van der Waals surface area (Å²) in [6.45, 7) is -1.99. The molecule has 0 bridgehead atoms. The molecule has 126 valence electrons. The lowest BCUT2D eigenvalue weighted by Crippen LogP contribution is -2.46. The highest BCUT2D eigenvalue weighted by Crippen LogP contribution is 2.43. The maximum absolute atomic E-state index is 10.9. The minimum absolute atomic E-state index is 0.818. The van der Waals surface area contributed by atoms with Gasteiger partial charge in [-0.2, -0.15) is 0 Å². The van der Waals surface area contributed by atoms with E-state index in [4.69, 9.17) is 19.4 Å². The van der Waals surface area contributed by atoms with Gasteiger partial charge in [-0.15, -0.1) is 0 Å². The van der Waals surface area contributed by atoms with Gasteiger partial charge >= 0.3 is 15.6 Å². The van der Waals surface area contributed by atoms with Crippen molar-refractivity contribution in [3.63, 3.8) is 0 Å². The van der Waals surface area contributed by atoms with Crippen molar-refractivity contribution >= 4 is 15.6 Å². The Morgan fingerprint density at radius 3 is 2.24 bits per heavy atom. The first-order valence-electron chi connectivity index (χ1n) is 5.22. The van der Waals surface area contributed by atoms with Gasteiger partial charge in [-0.1, -0.05) is 0 Å². The standard InChI is InChI=1S/C6H15NO12P2/c7-19-21(14,15)16-1-3-4(8)5(9)6(10,18-3)2-17-20(11,12)13/h3-5,8-10H,1-2,7H2,(H,14,15)(H2,11,12,13)/t3-,4-,5+,6-/m1/s1. The molecule has 0 radical (unpaired) electrons. The van der Waals surface area contributed by atoms with Crippen LogP contribution in [-0.4, -0.2) is 67.3 Å². The zero-order valence-corrected chi connectivity index (χ0v) is 12.0. The topological polar surface area (TPSA) is 218 Å². The number of ether oxygens (including phenoxy) is 1. The maximum atomic E-state index is 10.9. The summed E-state index contributed by atoms with van der Waals surface area (Å²) in [7, 11) is -9.55. The van der Waals surface area contributed by atoms with Crippen molar-refractivity contribution in [2.75, 3.05) is 13.2 Å². The Kier molecular flexibility index (Phi) is 6.03. The summed E-state index contributed by atoms with van der Waals surface area (Å²) < 4.78 is 38.1. The highest BCUT2D eigenvalue weighted by atomic mass is 31.2.